The maximum atomic E-state index is 12.8. The Balaban J connectivity index is 1.87. The molecule has 0 spiro atoms. The molecule has 4 atom stereocenters. The fourth-order valence-electron chi connectivity index (χ4n) is 2.91. The van der Waals surface area contributed by atoms with Crippen LogP contribution in [0.15, 0.2) is 42.1 Å². The van der Waals surface area contributed by atoms with Gasteiger partial charge in [0.1, 0.15) is 12.3 Å². The number of nitrogens with zero attached hydrogens (tertiary/aromatic N) is 1. The normalized spacial score (nSPS) is 35.8. The standard InChI is InChI=1S/C17H21N3O5/c1-10-8-20(14-7-12(22)13(9-21)25-14)16(24)19-17(10,18)15(23)11-5-3-2-4-6-11/h2-6,8,12-14,21-22H,7,9,18H2,1H3,(H,19,24)/t12-,13+,14+,17?/m0/s1/i12D. The van der Waals surface area contributed by atoms with Crippen LogP contribution in [-0.2, 0) is 4.74 Å². The first-order valence-corrected chi connectivity index (χ1v) is 7.86. The van der Waals surface area contributed by atoms with Crippen LogP contribution in [0.1, 0.15) is 25.1 Å². The molecule has 1 fully saturated rings. The summed E-state index contributed by atoms with van der Waals surface area (Å²) in [6.07, 6.45) is -2.94. The third kappa shape index (κ3) is 3.05. The molecule has 8 heteroatoms. The highest BCUT2D eigenvalue weighted by atomic mass is 16.5. The number of rotatable bonds is 4. The van der Waals surface area contributed by atoms with Crippen molar-refractivity contribution >= 4 is 11.8 Å². The van der Waals surface area contributed by atoms with Gasteiger partial charge in [-0.15, -0.1) is 0 Å². The number of amides is 2. The highest BCUT2D eigenvalue weighted by molar-refractivity contribution is 6.07. The smallest absolute Gasteiger partial charge is 0.325 e. The second kappa shape index (κ2) is 6.57. The highest BCUT2D eigenvalue weighted by Crippen LogP contribution is 2.28. The molecule has 3 rings (SSSR count). The van der Waals surface area contributed by atoms with Gasteiger partial charge in [-0.3, -0.25) is 15.4 Å². The minimum absolute atomic E-state index is 0.209. The summed E-state index contributed by atoms with van der Waals surface area (Å²) in [5.74, 6) is -0.461. The van der Waals surface area contributed by atoms with Crippen LogP contribution >= 0.6 is 0 Å². The minimum Gasteiger partial charge on any atom is -0.394 e. The zero-order chi connectivity index (χ0) is 19.1. The molecular formula is C17H21N3O5. The lowest BCUT2D eigenvalue weighted by atomic mass is 9.91. The fraction of sp³-hybridized carbons (Fsp3) is 0.412. The number of Topliss-reactive ketones (excluding diaryl/α,β-unsaturated/α-hetero) is 1. The van der Waals surface area contributed by atoms with Gasteiger partial charge in [-0.25, -0.2) is 4.79 Å². The largest absolute Gasteiger partial charge is 0.394 e. The molecule has 0 saturated carbocycles. The SMILES string of the molecule is [2H][C@]1(O)C[C@H](N2C=C(C)C(N)(C(=O)c3ccccc3)NC2=O)O[C@@H]1CO. The fourth-order valence-corrected chi connectivity index (χ4v) is 2.91. The van der Waals surface area contributed by atoms with E-state index in [1.165, 1.54) is 6.20 Å². The molecule has 0 aliphatic carbocycles. The Kier molecular flexibility index (Phi) is 4.26. The van der Waals surface area contributed by atoms with Crippen molar-refractivity contribution in [3.63, 3.8) is 0 Å². The summed E-state index contributed by atoms with van der Waals surface area (Å²) in [7, 11) is 0. The van der Waals surface area contributed by atoms with E-state index in [0.717, 1.165) is 4.90 Å². The number of carbonyl (C=O) groups is 2. The van der Waals surface area contributed by atoms with Crippen molar-refractivity contribution in [2.75, 3.05) is 6.61 Å². The molecule has 2 aliphatic heterocycles. The van der Waals surface area contributed by atoms with Gasteiger partial charge in [0, 0.05) is 18.2 Å². The third-order valence-corrected chi connectivity index (χ3v) is 4.44. The molecule has 134 valence electrons. The van der Waals surface area contributed by atoms with Crippen LogP contribution in [0, 0.1) is 0 Å². The van der Waals surface area contributed by atoms with Crippen molar-refractivity contribution in [3.05, 3.63) is 47.7 Å². The summed E-state index contributed by atoms with van der Waals surface area (Å²) in [6, 6.07) is 7.68. The van der Waals surface area contributed by atoms with Crippen molar-refractivity contribution in [2.45, 2.75) is 37.4 Å². The van der Waals surface area contributed by atoms with Crippen LogP contribution < -0.4 is 11.1 Å². The number of carbonyl (C=O) groups excluding carboxylic acids is 2. The Morgan fingerprint density at radius 1 is 1.52 bits per heavy atom. The van der Waals surface area contributed by atoms with E-state index in [9.17, 15) is 19.8 Å². The summed E-state index contributed by atoms with van der Waals surface area (Å²) in [6.45, 7) is 1.04. The predicted octanol–water partition coefficient (Wildman–Crippen LogP) is -0.0785. The third-order valence-electron chi connectivity index (χ3n) is 4.44. The van der Waals surface area contributed by atoms with E-state index in [-0.39, 0.29) is 6.42 Å². The molecule has 25 heavy (non-hydrogen) atoms. The van der Waals surface area contributed by atoms with Crippen molar-refractivity contribution in [1.82, 2.24) is 10.2 Å². The van der Waals surface area contributed by atoms with Gasteiger partial charge in [0.2, 0.25) is 5.78 Å². The molecule has 5 N–H and O–H groups in total. The first-order chi connectivity index (χ1) is 12.2. The zero-order valence-corrected chi connectivity index (χ0v) is 13.7. The number of benzene rings is 1. The van der Waals surface area contributed by atoms with Gasteiger partial charge in [-0.05, 0) is 12.5 Å². The molecule has 0 aromatic heterocycles. The number of hydrogen-bond acceptors (Lipinski definition) is 6. The first-order valence-electron chi connectivity index (χ1n) is 8.36. The predicted molar refractivity (Wildman–Crippen MR) is 88.2 cm³/mol. The van der Waals surface area contributed by atoms with Gasteiger partial charge < -0.3 is 20.3 Å². The monoisotopic (exact) mass is 348 g/mol. The average Bonchev–Trinajstić information content (AvgIpc) is 2.92. The van der Waals surface area contributed by atoms with Crippen molar-refractivity contribution < 1.29 is 25.9 Å². The summed E-state index contributed by atoms with van der Waals surface area (Å²) in [5.41, 5.74) is 5.21. The number of ketones is 1. The highest BCUT2D eigenvalue weighted by Gasteiger charge is 2.46. The van der Waals surface area contributed by atoms with Gasteiger partial charge in [-0.1, -0.05) is 30.3 Å². The second-order valence-electron chi connectivity index (χ2n) is 6.11. The maximum Gasteiger partial charge on any atom is 0.325 e. The molecule has 0 bridgehead atoms. The number of hydrogen-bond donors (Lipinski definition) is 4. The van der Waals surface area contributed by atoms with Gasteiger partial charge in [0.05, 0.1) is 14.1 Å². The number of nitrogens with two attached hydrogens (primary N) is 1. The summed E-state index contributed by atoms with van der Waals surface area (Å²) in [5, 5.41) is 21.7. The zero-order valence-electron chi connectivity index (χ0n) is 14.7. The Morgan fingerprint density at radius 2 is 2.20 bits per heavy atom. The molecule has 2 amide bonds. The Bertz CT molecular complexity index is 754. The average molecular weight is 348 g/mol. The number of urea groups is 1. The van der Waals surface area contributed by atoms with Crippen LogP contribution in [0.3, 0.4) is 0 Å². The minimum atomic E-state index is -2.02. The molecule has 8 nitrogen and oxygen atoms in total. The van der Waals surface area contributed by atoms with Gasteiger partial charge in [0.25, 0.3) is 0 Å². The van der Waals surface area contributed by atoms with Crippen LogP contribution in [-0.4, -0.2) is 57.6 Å². The van der Waals surface area contributed by atoms with E-state index in [1.54, 1.807) is 37.3 Å². The second-order valence-corrected chi connectivity index (χ2v) is 6.11. The van der Waals surface area contributed by atoms with Crippen molar-refractivity contribution in [3.8, 4) is 0 Å². The maximum absolute atomic E-state index is 12.8. The molecule has 0 radical (unpaired) electrons. The number of aliphatic hydroxyl groups is 2. The Hall–Kier alpha value is -2.26. The van der Waals surface area contributed by atoms with Gasteiger partial charge in [-0.2, -0.15) is 0 Å². The van der Waals surface area contributed by atoms with E-state index in [1.807, 2.05) is 0 Å². The van der Waals surface area contributed by atoms with E-state index < -0.39 is 42.5 Å². The molecule has 1 aromatic rings. The van der Waals surface area contributed by atoms with Crippen LogP contribution in [0.2, 0.25) is 0 Å². The Labute approximate surface area is 146 Å². The molecule has 2 aliphatic rings. The molecular weight excluding hydrogens is 326 g/mol. The molecule has 1 unspecified atom stereocenters. The summed E-state index contributed by atoms with van der Waals surface area (Å²) >= 11 is 0. The number of nitrogens with one attached hydrogen (secondary N) is 1. The first kappa shape index (κ1) is 16.2. The topological polar surface area (TPSA) is 125 Å². The van der Waals surface area contributed by atoms with E-state index in [0.29, 0.717) is 11.1 Å². The molecule has 1 aromatic carbocycles. The van der Waals surface area contributed by atoms with Crippen LogP contribution in [0.4, 0.5) is 4.79 Å². The van der Waals surface area contributed by atoms with Gasteiger partial charge >= 0.3 is 6.03 Å². The quantitative estimate of drug-likeness (QED) is 0.564. The van der Waals surface area contributed by atoms with E-state index in [2.05, 4.69) is 5.32 Å². The molecule has 2 heterocycles. The van der Waals surface area contributed by atoms with Crippen LogP contribution in [0.5, 0.6) is 0 Å². The van der Waals surface area contributed by atoms with Crippen LogP contribution in [0.25, 0.3) is 0 Å². The lowest BCUT2D eigenvalue weighted by molar-refractivity contribution is -0.0550. The lowest BCUT2D eigenvalue weighted by Crippen LogP contribution is -2.67. The Morgan fingerprint density at radius 3 is 2.80 bits per heavy atom. The molecule has 1 saturated heterocycles. The van der Waals surface area contributed by atoms with Gasteiger partial charge in [0.15, 0.2) is 5.66 Å². The number of ether oxygens (including phenoxy) is 1. The number of aliphatic hydroxyl groups excluding tert-OH is 1. The lowest BCUT2D eigenvalue weighted by Gasteiger charge is -2.39. The van der Waals surface area contributed by atoms with Crippen molar-refractivity contribution in [2.24, 2.45) is 5.73 Å². The van der Waals surface area contributed by atoms with E-state index >= 15 is 0 Å². The van der Waals surface area contributed by atoms with Crippen molar-refractivity contribution in [1.29, 1.82) is 0 Å². The summed E-state index contributed by atoms with van der Waals surface area (Å²) in [4.78, 5) is 26.4. The van der Waals surface area contributed by atoms with E-state index in [4.69, 9.17) is 11.8 Å². The summed E-state index contributed by atoms with van der Waals surface area (Å²) < 4.78 is 13.2.